The van der Waals surface area contributed by atoms with Crippen LogP contribution in [0.25, 0.3) is 10.9 Å². The molecular weight excluding hydrogens is 244 g/mol. The van der Waals surface area contributed by atoms with Gasteiger partial charge in [-0.15, -0.1) is 0 Å². The zero-order valence-electron chi connectivity index (χ0n) is 12.1. The first-order valence-electron chi connectivity index (χ1n) is 7.24. The van der Waals surface area contributed by atoms with Gasteiger partial charge in [-0.25, -0.2) is 0 Å². The molecule has 0 saturated heterocycles. The molecule has 0 atom stereocenters. The van der Waals surface area contributed by atoms with Crippen molar-refractivity contribution >= 4 is 10.9 Å². The van der Waals surface area contributed by atoms with Crippen LogP contribution in [0.1, 0.15) is 36.6 Å². The highest BCUT2D eigenvalue weighted by molar-refractivity contribution is 5.84. The lowest BCUT2D eigenvalue weighted by atomic mass is 9.98. The molecule has 2 heteroatoms. The van der Waals surface area contributed by atoms with Gasteiger partial charge in [0.25, 0.3) is 0 Å². The third kappa shape index (κ3) is 2.46. The van der Waals surface area contributed by atoms with Crippen LogP contribution in [-0.4, -0.2) is 9.97 Å². The average molecular weight is 264 g/mol. The van der Waals surface area contributed by atoms with Crippen LogP contribution in [0, 0.1) is 0 Å². The maximum absolute atomic E-state index is 4.08. The predicted octanol–water partition coefficient (Wildman–Crippen LogP) is 4.47. The standard InChI is InChI=1S/C18H20N2/c1-13(2)18-16(8-7-14-9-11-19-12-10-14)15-5-3-4-6-17(15)20-18/h3-6,9-13,20H,7-8H2,1-2H3. The molecule has 1 aromatic carbocycles. The summed E-state index contributed by atoms with van der Waals surface area (Å²) >= 11 is 0. The Labute approximate surface area is 119 Å². The highest BCUT2D eigenvalue weighted by Crippen LogP contribution is 2.28. The number of hydrogen-bond donors (Lipinski definition) is 1. The average Bonchev–Trinajstić information content (AvgIpc) is 2.85. The van der Waals surface area contributed by atoms with Crippen LogP contribution in [0.3, 0.4) is 0 Å². The van der Waals surface area contributed by atoms with Crippen molar-refractivity contribution in [2.75, 3.05) is 0 Å². The van der Waals surface area contributed by atoms with Gasteiger partial charge in [0.1, 0.15) is 0 Å². The van der Waals surface area contributed by atoms with Crippen molar-refractivity contribution in [1.29, 1.82) is 0 Å². The molecule has 2 aromatic heterocycles. The fraction of sp³-hybridized carbons (Fsp3) is 0.278. The summed E-state index contributed by atoms with van der Waals surface area (Å²) in [5, 5.41) is 1.37. The molecule has 3 aromatic rings. The van der Waals surface area contributed by atoms with Crippen molar-refractivity contribution in [3.63, 3.8) is 0 Å². The Kier molecular flexibility index (Phi) is 3.55. The van der Waals surface area contributed by atoms with Crippen LogP contribution in [0.5, 0.6) is 0 Å². The molecule has 0 fully saturated rings. The van der Waals surface area contributed by atoms with E-state index >= 15 is 0 Å². The molecule has 0 aliphatic carbocycles. The summed E-state index contributed by atoms with van der Waals surface area (Å²) < 4.78 is 0. The Morgan fingerprint density at radius 1 is 1.00 bits per heavy atom. The quantitative estimate of drug-likeness (QED) is 0.740. The largest absolute Gasteiger partial charge is 0.358 e. The van der Waals surface area contributed by atoms with E-state index in [0.717, 1.165) is 12.8 Å². The van der Waals surface area contributed by atoms with Crippen molar-refractivity contribution in [3.05, 3.63) is 65.6 Å². The number of nitrogens with zero attached hydrogens (tertiary/aromatic N) is 1. The van der Waals surface area contributed by atoms with Gasteiger partial charge >= 0.3 is 0 Å². The van der Waals surface area contributed by atoms with Gasteiger partial charge in [0.05, 0.1) is 0 Å². The summed E-state index contributed by atoms with van der Waals surface area (Å²) in [5.41, 5.74) is 5.44. The smallest absolute Gasteiger partial charge is 0.0459 e. The Hall–Kier alpha value is -2.09. The first-order valence-corrected chi connectivity index (χ1v) is 7.24. The maximum Gasteiger partial charge on any atom is 0.0459 e. The van der Waals surface area contributed by atoms with Gasteiger partial charge in [-0.2, -0.15) is 0 Å². The fourth-order valence-corrected chi connectivity index (χ4v) is 2.80. The summed E-state index contributed by atoms with van der Waals surface area (Å²) in [6.07, 6.45) is 5.87. The van der Waals surface area contributed by atoms with Gasteiger partial charge in [-0.3, -0.25) is 4.98 Å². The lowest BCUT2D eigenvalue weighted by Gasteiger charge is -2.08. The third-order valence-corrected chi connectivity index (χ3v) is 3.84. The van der Waals surface area contributed by atoms with E-state index in [4.69, 9.17) is 0 Å². The van der Waals surface area contributed by atoms with E-state index in [-0.39, 0.29) is 0 Å². The molecule has 2 nitrogen and oxygen atoms in total. The molecule has 2 heterocycles. The van der Waals surface area contributed by atoms with Gasteiger partial charge in [0, 0.05) is 29.0 Å². The number of rotatable bonds is 4. The van der Waals surface area contributed by atoms with Crippen LogP contribution in [0.15, 0.2) is 48.8 Å². The highest BCUT2D eigenvalue weighted by atomic mass is 14.7. The summed E-state index contributed by atoms with van der Waals surface area (Å²) in [5.74, 6) is 0.523. The highest BCUT2D eigenvalue weighted by Gasteiger charge is 2.13. The van der Waals surface area contributed by atoms with Gasteiger partial charge < -0.3 is 4.98 Å². The van der Waals surface area contributed by atoms with Gasteiger partial charge in [-0.05, 0) is 48.1 Å². The second-order valence-corrected chi connectivity index (χ2v) is 5.57. The zero-order valence-corrected chi connectivity index (χ0v) is 12.1. The van der Waals surface area contributed by atoms with Crippen LogP contribution < -0.4 is 0 Å². The SMILES string of the molecule is CC(C)c1[nH]c2ccccc2c1CCc1ccncc1. The van der Waals surface area contributed by atoms with Crippen molar-refractivity contribution < 1.29 is 0 Å². The first-order chi connectivity index (χ1) is 9.75. The van der Waals surface area contributed by atoms with E-state index < -0.39 is 0 Å². The summed E-state index contributed by atoms with van der Waals surface area (Å²) in [6, 6.07) is 12.8. The summed E-state index contributed by atoms with van der Waals surface area (Å²) in [6.45, 7) is 4.50. The van der Waals surface area contributed by atoms with Crippen molar-refractivity contribution in [2.24, 2.45) is 0 Å². The second-order valence-electron chi connectivity index (χ2n) is 5.57. The number of aromatic nitrogens is 2. The molecule has 0 amide bonds. The predicted molar refractivity (Wildman–Crippen MR) is 84.0 cm³/mol. The van der Waals surface area contributed by atoms with Gasteiger partial charge in [0.15, 0.2) is 0 Å². The number of hydrogen-bond acceptors (Lipinski definition) is 1. The molecule has 0 aliphatic rings. The van der Waals surface area contributed by atoms with Crippen molar-refractivity contribution in [2.45, 2.75) is 32.6 Å². The van der Waals surface area contributed by atoms with E-state index in [9.17, 15) is 0 Å². The van der Waals surface area contributed by atoms with Crippen LogP contribution in [-0.2, 0) is 12.8 Å². The van der Waals surface area contributed by atoms with Crippen molar-refractivity contribution in [1.82, 2.24) is 9.97 Å². The molecule has 20 heavy (non-hydrogen) atoms. The van der Waals surface area contributed by atoms with E-state index in [1.54, 1.807) is 0 Å². The minimum Gasteiger partial charge on any atom is -0.358 e. The number of nitrogens with one attached hydrogen (secondary N) is 1. The monoisotopic (exact) mass is 264 g/mol. The summed E-state index contributed by atoms with van der Waals surface area (Å²) in [7, 11) is 0. The minimum atomic E-state index is 0.523. The minimum absolute atomic E-state index is 0.523. The molecule has 0 bridgehead atoms. The van der Waals surface area contributed by atoms with Gasteiger partial charge in [-0.1, -0.05) is 32.0 Å². The zero-order chi connectivity index (χ0) is 13.9. The Morgan fingerprint density at radius 3 is 2.50 bits per heavy atom. The summed E-state index contributed by atoms with van der Waals surface area (Å²) in [4.78, 5) is 7.67. The Bertz CT molecular complexity index is 696. The number of fused-ring (bicyclic) bond motifs is 1. The number of aromatic amines is 1. The molecule has 0 aliphatic heterocycles. The molecule has 3 rings (SSSR count). The van der Waals surface area contributed by atoms with Gasteiger partial charge in [0.2, 0.25) is 0 Å². The van der Waals surface area contributed by atoms with Crippen LogP contribution in [0.2, 0.25) is 0 Å². The Morgan fingerprint density at radius 2 is 1.75 bits per heavy atom. The maximum atomic E-state index is 4.08. The molecule has 0 spiro atoms. The first kappa shape index (κ1) is 12.9. The lowest BCUT2D eigenvalue weighted by Crippen LogP contribution is -1.97. The third-order valence-electron chi connectivity index (χ3n) is 3.84. The normalized spacial score (nSPS) is 11.3. The number of pyridine rings is 1. The number of aryl methyl sites for hydroxylation is 2. The molecular formula is C18H20N2. The second kappa shape index (κ2) is 5.49. The fourth-order valence-electron chi connectivity index (χ4n) is 2.80. The van der Waals surface area contributed by atoms with Crippen LogP contribution in [0.4, 0.5) is 0 Å². The molecule has 0 radical (unpaired) electrons. The van der Waals surface area contributed by atoms with E-state index in [1.807, 2.05) is 12.4 Å². The number of benzene rings is 1. The lowest BCUT2D eigenvalue weighted by molar-refractivity contribution is 0.807. The molecule has 102 valence electrons. The molecule has 0 unspecified atom stereocenters. The van der Waals surface area contributed by atoms with E-state index in [1.165, 1.54) is 27.7 Å². The Balaban J connectivity index is 1.95. The number of H-pyrrole nitrogens is 1. The molecule has 1 N–H and O–H groups in total. The van der Waals surface area contributed by atoms with Crippen LogP contribution >= 0.6 is 0 Å². The van der Waals surface area contributed by atoms with Crippen molar-refractivity contribution in [3.8, 4) is 0 Å². The van der Waals surface area contributed by atoms with E-state index in [0.29, 0.717) is 5.92 Å². The van der Waals surface area contributed by atoms with E-state index in [2.05, 4.69) is 60.2 Å². The molecule has 0 saturated carbocycles. The topological polar surface area (TPSA) is 28.7 Å². The number of para-hydroxylation sites is 1.